The quantitative estimate of drug-likeness (QED) is 0.826. The maximum Gasteiger partial charge on any atom is 0.251 e. The van der Waals surface area contributed by atoms with Crippen molar-refractivity contribution < 1.29 is 18.0 Å². The molecule has 1 N–H and O–H groups in total. The van der Waals surface area contributed by atoms with Crippen LogP contribution in [0.1, 0.15) is 43.5 Å². The highest BCUT2D eigenvalue weighted by Gasteiger charge is 2.27. The second-order valence-electron chi connectivity index (χ2n) is 5.73. The van der Waals surface area contributed by atoms with Gasteiger partial charge in [0.25, 0.3) is 5.91 Å². The van der Waals surface area contributed by atoms with Crippen molar-refractivity contribution in [3.05, 3.63) is 35.1 Å². The first kappa shape index (κ1) is 14.9. The van der Waals surface area contributed by atoms with Crippen LogP contribution in [0.5, 0.6) is 0 Å². The van der Waals surface area contributed by atoms with Crippen molar-refractivity contribution in [3.63, 3.8) is 0 Å². The number of carbonyl (C=O) groups is 1. The Balaban J connectivity index is 2.09. The molecule has 1 amide bonds. The highest BCUT2D eigenvalue weighted by atomic mass is 19.2. The summed E-state index contributed by atoms with van der Waals surface area (Å²) < 4.78 is 39.1. The number of hydrogen-bond donors (Lipinski definition) is 1. The summed E-state index contributed by atoms with van der Waals surface area (Å²) in [7, 11) is 0. The molecular weight excluding hydrogens is 267 g/mol. The maximum atomic E-state index is 13.1. The number of hydrogen-bond acceptors (Lipinski definition) is 1. The Labute approximate surface area is 116 Å². The van der Waals surface area contributed by atoms with Gasteiger partial charge < -0.3 is 5.32 Å². The first-order valence-electron chi connectivity index (χ1n) is 6.84. The summed E-state index contributed by atoms with van der Waals surface area (Å²) >= 11 is 0. The molecule has 3 atom stereocenters. The Hall–Kier alpha value is -1.52. The van der Waals surface area contributed by atoms with E-state index in [1.807, 2.05) is 6.92 Å². The van der Waals surface area contributed by atoms with Crippen molar-refractivity contribution in [2.45, 2.75) is 39.2 Å². The Morgan fingerprint density at radius 3 is 2.30 bits per heavy atom. The molecule has 0 saturated heterocycles. The normalized spacial score (nSPS) is 26.4. The Kier molecular flexibility index (Phi) is 4.35. The van der Waals surface area contributed by atoms with Gasteiger partial charge in [-0.25, -0.2) is 13.2 Å². The molecule has 1 aliphatic rings. The Morgan fingerprint density at radius 2 is 1.75 bits per heavy atom. The van der Waals surface area contributed by atoms with E-state index in [0.717, 1.165) is 31.4 Å². The van der Waals surface area contributed by atoms with Gasteiger partial charge in [-0.3, -0.25) is 4.79 Å². The molecule has 0 bridgehead atoms. The standard InChI is InChI=1S/C15H18F3NO/c1-8-3-4-13(9(2)5-8)19-15(20)10-6-11(16)14(18)12(17)7-10/h6-9,13H,3-5H2,1-2H3,(H,19,20). The minimum atomic E-state index is -1.55. The summed E-state index contributed by atoms with van der Waals surface area (Å²) in [6.07, 6.45) is 2.87. The average Bonchev–Trinajstić information content (AvgIpc) is 2.38. The summed E-state index contributed by atoms with van der Waals surface area (Å²) in [6, 6.07) is 1.45. The second kappa shape index (κ2) is 5.85. The van der Waals surface area contributed by atoms with Crippen LogP contribution in [0.3, 0.4) is 0 Å². The molecule has 3 unspecified atom stereocenters. The molecule has 110 valence electrons. The summed E-state index contributed by atoms with van der Waals surface area (Å²) in [5.41, 5.74) is -0.188. The third kappa shape index (κ3) is 3.14. The lowest BCUT2D eigenvalue weighted by molar-refractivity contribution is 0.0898. The van der Waals surface area contributed by atoms with Gasteiger partial charge in [0.05, 0.1) is 0 Å². The topological polar surface area (TPSA) is 29.1 Å². The van der Waals surface area contributed by atoms with Gasteiger partial charge in [0.15, 0.2) is 17.5 Å². The lowest BCUT2D eigenvalue weighted by Crippen LogP contribution is -2.42. The zero-order valence-corrected chi connectivity index (χ0v) is 11.6. The largest absolute Gasteiger partial charge is 0.349 e. The molecular formula is C15H18F3NO. The Morgan fingerprint density at radius 1 is 1.15 bits per heavy atom. The van der Waals surface area contributed by atoms with E-state index in [1.165, 1.54) is 0 Å². The van der Waals surface area contributed by atoms with E-state index in [-0.39, 0.29) is 11.6 Å². The van der Waals surface area contributed by atoms with Crippen molar-refractivity contribution in [2.24, 2.45) is 11.8 Å². The number of rotatable bonds is 2. The predicted octanol–water partition coefficient (Wildman–Crippen LogP) is 3.66. The molecule has 0 spiro atoms. The lowest BCUT2D eigenvalue weighted by Gasteiger charge is -2.33. The van der Waals surface area contributed by atoms with Crippen molar-refractivity contribution >= 4 is 5.91 Å². The molecule has 0 radical (unpaired) electrons. The smallest absolute Gasteiger partial charge is 0.251 e. The molecule has 2 nitrogen and oxygen atoms in total. The lowest BCUT2D eigenvalue weighted by atomic mass is 9.80. The number of carbonyl (C=O) groups excluding carboxylic acids is 1. The van der Waals surface area contributed by atoms with Gasteiger partial charge >= 0.3 is 0 Å². The molecule has 1 fully saturated rings. The van der Waals surface area contributed by atoms with Crippen molar-refractivity contribution in [3.8, 4) is 0 Å². The number of nitrogens with one attached hydrogen (secondary N) is 1. The molecule has 1 aromatic rings. The van der Waals surface area contributed by atoms with Gasteiger partial charge in [-0.2, -0.15) is 0 Å². The zero-order chi connectivity index (χ0) is 14.9. The van der Waals surface area contributed by atoms with Gasteiger partial charge in [-0.05, 0) is 43.2 Å². The fourth-order valence-electron chi connectivity index (χ4n) is 2.82. The summed E-state index contributed by atoms with van der Waals surface area (Å²) in [6.45, 7) is 4.21. The van der Waals surface area contributed by atoms with Gasteiger partial charge in [-0.1, -0.05) is 13.8 Å². The van der Waals surface area contributed by atoms with Crippen LogP contribution in [0.2, 0.25) is 0 Å². The van der Waals surface area contributed by atoms with Gasteiger partial charge in [0, 0.05) is 11.6 Å². The highest BCUT2D eigenvalue weighted by Crippen LogP contribution is 2.28. The highest BCUT2D eigenvalue weighted by molar-refractivity contribution is 5.94. The average molecular weight is 285 g/mol. The maximum absolute atomic E-state index is 13.1. The fraction of sp³-hybridized carbons (Fsp3) is 0.533. The summed E-state index contributed by atoms with van der Waals surface area (Å²) in [5.74, 6) is -3.87. The minimum absolute atomic E-state index is 0.00474. The molecule has 0 heterocycles. The third-order valence-corrected chi connectivity index (χ3v) is 3.99. The van der Waals surface area contributed by atoms with Gasteiger partial charge in [0.1, 0.15) is 0 Å². The molecule has 1 saturated carbocycles. The number of halogens is 3. The first-order chi connectivity index (χ1) is 9.38. The predicted molar refractivity (Wildman–Crippen MR) is 69.7 cm³/mol. The van der Waals surface area contributed by atoms with Gasteiger partial charge in [-0.15, -0.1) is 0 Å². The van der Waals surface area contributed by atoms with E-state index in [0.29, 0.717) is 11.8 Å². The molecule has 5 heteroatoms. The van der Waals surface area contributed by atoms with Crippen LogP contribution < -0.4 is 5.32 Å². The van der Waals surface area contributed by atoms with Crippen molar-refractivity contribution in [1.82, 2.24) is 5.32 Å². The Bertz CT molecular complexity index is 495. The van der Waals surface area contributed by atoms with Crippen LogP contribution in [0.15, 0.2) is 12.1 Å². The molecule has 0 aromatic heterocycles. The van der Waals surface area contributed by atoms with E-state index >= 15 is 0 Å². The molecule has 0 aliphatic heterocycles. The second-order valence-corrected chi connectivity index (χ2v) is 5.73. The first-order valence-corrected chi connectivity index (χ1v) is 6.84. The van der Waals surface area contributed by atoms with Crippen LogP contribution in [0.4, 0.5) is 13.2 Å². The van der Waals surface area contributed by atoms with E-state index in [9.17, 15) is 18.0 Å². The minimum Gasteiger partial charge on any atom is -0.349 e. The molecule has 1 aliphatic carbocycles. The van der Waals surface area contributed by atoms with E-state index in [4.69, 9.17) is 0 Å². The monoisotopic (exact) mass is 285 g/mol. The third-order valence-electron chi connectivity index (χ3n) is 3.99. The fourth-order valence-corrected chi connectivity index (χ4v) is 2.82. The van der Waals surface area contributed by atoms with Crippen LogP contribution >= 0.6 is 0 Å². The van der Waals surface area contributed by atoms with E-state index < -0.39 is 23.4 Å². The molecule has 20 heavy (non-hydrogen) atoms. The summed E-state index contributed by atoms with van der Waals surface area (Å²) in [4.78, 5) is 12.0. The number of benzene rings is 1. The molecule has 1 aromatic carbocycles. The number of amides is 1. The SMILES string of the molecule is CC1CCC(NC(=O)c2cc(F)c(F)c(F)c2)C(C)C1. The van der Waals surface area contributed by atoms with Crippen molar-refractivity contribution in [2.75, 3.05) is 0 Å². The van der Waals surface area contributed by atoms with Crippen LogP contribution in [0, 0.1) is 29.3 Å². The van der Waals surface area contributed by atoms with Crippen LogP contribution in [0.25, 0.3) is 0 Å². The van der Waals surface area contributed by atoms with Crippen molar-refractivity contribution in [1.29, 1.82) is 0 Å². The molecule has 2 rings (SSSR count). The van der Waals surface area contributed by atoms with Crippen LogP contribution in [-0.2, 0) is 0 Å². The summed E-state index contributed by atoms with van der Waals surface area (Å²) in [5, 5.41) is 2.78. The zero-order valence-electron chi connectivity index (χ0n) is 11.6. The van der Waals surface area contributed by atoms with Gasteiger partial charge in [0.2, 0.25) is 0 Å². The van der Waals surface area contributed by atoms with E-state index in [2.05, 4.69) is 12.2 Å². The van der Waals surface area contributed by atoms with E-state index in [1.54, 1.807) is 0 Å². The van der Waals surface area contributed by atoms with Crippen LogP contribution in [-0.4, -0.2) is 11.9 Å².